The van der Waals surface area contributed by atoms with E-state index in [1.54, 1.807) is 41.6 Å². The third-order valence-electron chi connectivity index (χ3n) is 10.4. The maximum absolute atomic E-state index is 13.7. The minimum Gasteiger partial charge on any atom is -0.453 e. The van der Waals surface area contributed by atoms with Gasteiger partial charge in [-0.15, -0.1) is 0 Å². The molecule has 298 valence electrons. The topological polar surface area (TPSA) is 192 Å². The van der Waals surface area contributed by atoms with Gasteiger partial charge in [0.15, 0.2) is 10.8 Å². The van der Waals surface area contributed by atoms with Crippen LogP contribution in [0.4, 0.5) is 15.4 Å². The van der Waals surface area contributed by atoms with E-state index >= 15 is 0 Å². The molecule has 7 rings (SSSR count). The number of aromatic amines is 1. The smallest absolute Gasteiger partial charge is 0.407 e. The summed E-state index contributed by atoms with van der Waals surface area (Å²) in [6, 6.07) is 14.2. The van der Waals surface area contributed by atoms with Crippen LogP contribution in [-0.2, 0) is 23.9 Å². The van der Waals surface area contributed by atoms with Crippen LogP contribution < -0.4 is 16.0 Å². The second kappa shape index (κ2) is 16.9. The number of hydrogen-bond acceptors (Lipinski definition) is 10. The molecule has 4 atom stereocenters. The van der Waals surface area contributed by atoms with Crippen molar-refractivity contribution in [3.63, 3.8) is 0 Å². The standard InChI is InChI=1S/C40H45N9O7S/c1-23(2)32(45-39(53)55-3)36(51)48-18-8-12-28(48)34-41-20-27(42-34)24-14-16-25(17-15-24)30-21-47-22-31(44-38(47)57-30)43-35(50)29-13-9-19-49(29)37(52)33(46-40(54)56-4)26-10-6-5-7-11-26/h5-7,10-11,14-17,20-23,28-29,32-33H,8-9,12-13,18-19H2,1-4H3,(H,41,42)(H,43,50)(H,45,53)(H,46,54)/t28-,29?,32-,33+/m0/s1. The highest BCUT2D eigenvalue weighted by atomic mass is 32.1. The van der Waals surface area contributed by atoms with E-state index < -0.39 is 36.2 Å². The lowest BCUT2D eigenvalue weighted by Gasteiger charge is -2.30. The van der Waals surface area contributed by atoms with Gasteiger partial charge in [-0.05, 0) is 48.3 Å². The minimum atomic E-state index is -1.00. The van der Waals surface area contributed by atoms with Crippen LogP contribution in [0.3, 0.4) is 0 Å². The molecule has 0 aliphatic carbocycles. The highest BCUT2D eigenvalue weighted by Gasteiger charge is 2.39. The number of ether oxygens (including phenoxy) is 2. The van der Waals surface area contributed by atoms with Gasteiger partial charge in [-0.25, -0.2) is 19.6 Å². The molecule has 57 heavy (non-hydrogen) atoms. The van der Waals surface area contributed by atoms with Gasteiger partial charge in [0.2, 0.25) is 11.8 Å². The number of imidazole rings is 2. The van der Waals surface area contributed by atoms with Crippen molar-refractivity contribution < 1.29 is 33.4 Å². The highest BCUT2D eigenvalue weighted by Crippen LogP contribution is 2.35. The van der Waals surface area contributed by atoms with Gasteiger partial charge in [0.1, 0.15) is 23.9 Å². The normalized spacial score (nSPS) is 17.7. The van der Waals surface area contributed by atoms with Crippen molar-refractivity contribution in [3.8, 4) is 21.7 Å². The molecule has 5 amide bonds. The zero-order chi connectivity index (χ0) is 40.2. The number of methoxy groups -OCH3 is 2. The summed E-state index contributed by atoms with van der Waals surface area (Å²) in [5.41, 5.74) is 3.33. The summed E-state index contributed by atoms with van der Waals surface area (Å²) >= 11 is 1.47. The maximum atomic E-state index is 13.7. The van der Waals surface area contributed by atoms with Crippen LogP contribution in [0.2, 0.25) is 0 Å². The molecule has 4 N–H and O–H groups in total. The van der Waals surface area contributed by atoms with Crippen molar-refractivity contribution in [2.45, 2.75) is 63.7 Å². The number of nitrogens with zero attached hydrogens (tertiary/aromatic N) is 5. The van der Waals surface area contributed by atoms with Gasteiger partial charge in [-0.1, -0.05) is 79.8 Å². The fourth-order valence-electron chi connectivity index (χ4n) is 7.44. The average Bonchev–Trinajstić information content (AvgIpc) is 4.07. The molecule has 2 aromatic carbocycles. The van der Waals surface area contributed by atoms with Crippen LogP contribution in [0.5, 0.6) is 0 Å². The number of amides is 5. The van der Waals surface area contributed by atoms with Crippen LogP contribution in [0.15, 0.2) is 73.2 Å². The molecular weight excluding hydrogens is 751 g/mol. The molecule has 2 fully saturated rings. The maximum Gasteiger partial charge on any atom is 0.407 e. The summed E-state index contributed by atoms with van der Waals surface area (Å²) < 4.78 is 11.4. The van der Waals surface area contributed by atoms with Crippen LogP contribution >= 0.6 is 11.3 Å². The first-order valence-electron chi connectivity index (χ1n) is 18.8. The van der Waals surface area contributed by atoms with E-state index in [1.165, 1.54) is 30.5 Å². The Hall–Kier alpha value is -6.23. The van der Waals surface area contributed by atoms with Crippen molar-refractivity contribution >= 4 is 52.0 Å². The number of H-pyrrole nitrogens is 1. The molecule has 0 bridgehead atoms. The third kappa shape index (κ3) is 8.33. The largest absolute Gasteiger partial charge is 0.453 e. The minimum absolute atomic E-state index is 0.121. The number of rotatable bonds is 11. The summed E-state index contributed by atoms with van der Waals surface area (Å²) in [7, 11) is 2.51. The molecule has 1 unspecified atom stereocenters. The molecule has 0 saturated carbocycles. The summed E-state index contributed by atoms with van der Waals surface area (Å²) in [4.78, 5) is 82.5. The van der Waals surface area contributed by atoms with Crippen LogP contribution in [0.25, 0.3) is 26.7 Å². The first-order valence-corrected chi connectivity index (χ1v) is 19.7. The van der Waals surface area contributed by atoms with Gasteiger partial charge in [-0.2, -0.15) is 0 Å². The zero-order valence-electron chi connectivity index (χ0n) is 32.1. The number of thiazole rings is 1. The fourth-order valence-corrected chi connectivity index (χ4v) is 8.41. The van der Waals surface area contributed by atoms with E-state index in [-0.39, 0.29) is 23.8 Å². The Labute approximate surface area is 333 Å². The number of likely N-dealkylation sites (tertiary alicyclic amines) is 2. The van der Waals surface area contributed by atoms with Crippen molar-refractivity contribution in [1.82, 2.24) is 39.8 Å². The quantitative estimate of drug-likeness (QED) is 0.133. The lowest BCUT2D eigenvalue weighted by molar-refractivity contribution is -0.138. The van der Waals surface area contributed by atoms with E-state index in [4.69, 9.17) is 9.47 Å². The van der Waals surface area contributed by atoms with Gasteiger partial charge < -0.3 is 40.2 Å². The Kier molecular flexibility index (Phi) is 11.5. The monoisotopic (exact) mass is 795 g/mol. The van der Waals surface area contributed by atoms with Gasteiger partial charge in [0.25, 0.3) is 5.91 Å². The third-order valence-corrected chi connectivity index (χ3v) is 11.4. The van der Waals surface area contributed by atoms with Crippen molar-refractivity contribution in [1.29, 1.82) is 0 Å². The van der Waals surface area contributed by atoms with Crippen LogP contribution in [0.1, 0.15) is 63.0 Å². The fraction of sp³-hybridized carbons (Fsp3) is 0.375. The van der Waals surface area contributed by atoms with E-state index in [9.17, 15) is 24.0 Å². The summed E-state index contributed by atoms with van der Waals surface area (Å²) in [6.45, 7) is 4.73. The lowest BCUT2D eigenvalue weighted by atomic mass is 10.0. The Morgan fingerprint density at radius 2 is 1.53 bits per heavy atom. The molecule has 16 nitrogen and oxygen atoms in total. The Morgan fingerprint density at radius 3 is 2.23 bits per heavy atom. The number of aromatic nitrogens is 4. The van der Waals surface area contributed by atoms with Gasteiger partial charge in [-0.3, -0.25) is 18.8 Å². The van der Waals surface area contributed by atoms with Crippen LogP contribution in [-0.4, -0.2) is 98.5 Å². The van der Waals surface area contributed by atoms with Gasteiger partial charge in [0.05, 0.1) is 43.2 Å². The number of hydrogen-bond donors (Lipinski definition) is 4. The zero-order valence-corrected chi connectivity index (χ0v) is 32.9. The number of nitrogens with one attached hydrogen (secondary N) is 4. The first kappa shape index (κ1) is 39.0. The molecule has 0 radical (unpaired) electrons. The molecule has 17 heteroatoms. The van der Waals surface area contributed by atoms with E-state index in [2.05, 4.69) is 30.9 Å². The molecule has 2 saturated heterocycles. The average molecular weight is 796 g/mol. The second-order valence-corrected chi connectivity index (χ2v) is 15.4. The predicted molar refractivity (Wildman–Crippen MR) is 212 cm³/mol. The van der Waals surface area contributed by atoms with Gasteiger partial charge in [0, 0.05) is 19.3 Å². The lowest BCUT2D eigenvalue weighted by Crippen LogP contribution is -2.51. The number of carbonyl (C=O) groups excluding carboxylic acids is 5. The summed E-state index contributed by atoms with van der Waals surface area (Å²) in [6.07, 6.45) is 6.79. The summed E-state index contributed by atoms with van der Waals surface area (Å²) in [5, 5.41) is 8.18. The SMILES string of the molecule is COC(=O)N[C@H](C(=O)N1CCC[C@H]1c1ncc(-c2ccc(-c3cn4cc(NC(=O)C5CCCN5C(=O)[C@H](NC(=O)OC)c5ccccc5)nc4s3)cc2)[nH]1)C(C)C. The van der Waals surface area contributed by atoms with Crippen molar-refractivity contribution in [2.75, 3.05) is 32.6 Å². The summed E-state index contributed by atoms with van der Waals surface area (Å²) in [5.74, 6) is 0.0470. The number of carbonyl (C=O) groups is 5. The molecule has 5 aromatic rings. The van der Waals surface area contributed by atoms with E-state index in [0.29, 0.717) is 48.1 Å². The molecule has 3 aromatic heterocycles. The molecule has 2 aliphatic rings. The van der Waals surface area contributed by atoms with E-state index in [1.807, 2.05) is 54.8 Å². The van der Waals surface area contributed by atoms with Crippen molar-refractivity contribution in [2.24, 2.45) is 5.92 Å². The molecular formula is C40H45N9O7S. The van der Waals surface area contributed by atoms with Crippen molar-refractivity contribution in [3.05, 3.63) is 84.6 Å². The molecule has 5 heterocycles. The second-order valence-electron chi connectivity index (χ2n) is 14.4. The highest BCUT2D eigenvalue weighted by molar-refractivity contribution is 7.20. The Balaban J connectivity index is 0.994. The Bertz CT molecular complexity index is 2220. The molecule has 0 spiro atoms. The van der Waals surface area contributed by atoms with E-state index in [0.717, 1.165) is 34.5 Å². The number of fused-ring (bicyclic) bond motifs is 1. The predicted octanol–water partition coefficient (Wildman–Crippen LogP) is 5.52. The first-order chi connectivity index (χ1) is 27.5. The Morgan fingerprint density at radius 1 is 0.842 bits per heavy atom. The molecule has 2 aliphatic heterocycles. The van der Waals surface area contributed by atoms with Crippen LogP contribution in [0, 0.1) is 5.92 Å². The number of anilines is 1. The van der Waals surface area contributed by atoms with Gasteiger partial charge >= 0.3 is 12.2 Å². The number of benzene rings is 2. The number of alkyl carbamates (subject to hydrolysis) is 2.